The van der Waals surface area contributed by atoms with E-state index in [0.29, 0.717) is 5.69 Å². The number of hydrogen-bond donors (Lipinski definition) is 2. The van der Waals surface area contributed by atoms with Crippen molar-refractivity contribution in [2.45, 2.75) is 11.3 Å². The van der Waals surface area contributed by atoms with Gasteiger partial charge in [0.1, 0.15) is 11.6 Å². The highest BCUT2D eigenvalue weighted by Crippen LogP contribution is 2.31. The fourth-order valence-electron chi connectivity index (χ4n) is 2.52. The largest absolute Gasteiger partial charge is 0.507 e. The smallest absolute Gasteiger partial charge is 0.255 e. The van der Waals surface area contributed by atoms with Crippen LogP contribution in [0.4, 0.5) is 10.1 Å². The zero-order chi connectivity index (χ0) is 17.3. The summed E-state index contributed by atoms with van der Waals surface area (Å²) in [6.07, 6.45) is -0.115. The van der Waals surface area contributed by atoms with Crippen LogP contribution in [0, 0.1) is 5.82 Å². The summed E-state index contributed by atoms with van der Waals surface area (Å²) >= 11 is 0. The second-order valence-corrected chi connectivity index (χ2v) is 7.43. The molecule has 0 saturated carbocycles. The summed E-state index contributed by atoms with van der Waals surface area (Å²) < 4.78 is 37.5. The van der Waals surface area contributed by atoms with Gasteiger partial charge < -0.3 is 10.4 Å². The first-order valence-electron chi connectivity index (χ1n) is 7.20. The summed E-state index contributed by atoms with van der Waals surface area (Å²) in [5, 5.41) is 13.0. The van der Waals surface area contributed by atoms with Crippen LogP contribution >= 0.6 is 0 Å². The standard InChI is InChI=1S/C17H14FNO4S/c18-11-5-7-12(8-6-11)19-17(21)14-9-10-24(22,23)15-4-2-1-3-13(15)16(14)20/h1-8,20H,9-10H2,(H,19,21). The number of anilines is 1. The minimum absolute atomic E-state index is 0.00656. The van der Waals surface area contributed by atoms with Gasteiger partial charge in [-0.25, -0.2) is 12.8 Å². The molecule has 2 N–H and O–H groups in total. The van der Waals surface area contributed by atoms with Crippen LogP contribution in [-0.4, -0.2) is 25.2 Å². The number of carbonyl (C=O) groups excluding carboxylic acids is 1. The van der Waals surface area contributed by atoms with Gasteiger partial charge in [-0.2, -0.15) is 0 Å². The fourth-order valence-corrected chi connectivity index (χ4v) is 4.00. The number of fused-ring (bicyclic) bond motifs is 1. The molecule has 5 nitrogen and oxygen atoms in total. The van der Waals surface area contributed by atoms with Gasteiger partial charge in [0.05, 0.1) is 16.2 Å². The first-order chi connectivity index (χ1) is 11.4. The first-order valence-corrected chi connectivity index (χ1v) is 8.85. The Morgan fingerprint density at radius 2 is 1.75 bits per heavy atom. The predicted molar refractivity (Wildman–Crippen MR) is 87.7 cm³/mol. The van der Waals surface area contributed by atoms with Gasteiger partial charge in [-0.05, 0) is 42.8 Å². The summed E-state index contributed by atoms with van der Waals surface area (Å²) in [6, 6.07) is 11.2. The summed E-state index contributed by atoms with van der Waals surface area (Å²) in [4.78, 5) is 12.4. The van der Waals surface area contributed by atoms with Crippen molar-refractivity contribution in [3.05, 3.63) is 65.5 Å². The maximum Gasteiger partial charge on any atom is 0.255 e. The van der Waals surface area contributed by atoms with Gasteiger partial charge in [0, 0.05) is 11.3 Å². The molecular formula is C17H14FNO4S. The number of halogens is 1. The number of amides is 1. The van der Waals surface area contributed by atoms with Crippen molar-refractivity contribution >= 4 is 27.2 Å². The molecule has 0 spiro atoms. The van der Waals surface area contributed by atoms with Gasteiger partial charge in [-0.15, -0.1) is 0 Å². The lowest BCUT2D eigenvalue weighted by Gasteiger charge is -2.09. The molecule has 1 amide bonds. The molecule has 0 aromatic heterocycles. The van der Waals surface area contributed by atoms with Crippen molar-refractivity contribution in [2.75, 3.05) is 11.1 Å². The molecule has 0 aliphatic carbocycles. The molecule has 1 aliphatic rings. The number of benzene rings is 2. The Labute approximate surface area is 138 Å². The Morgan fingerprint density at radius 1 is 1.08 bits per heavy atom. The summed E-state index contributed by atoms with van der Waals surface area (Å²) in [7, 11) is -3.59. The molecule has 3 rings (SSSR count). The molecule has 0 saturated heterocycles. The maximum atomic E-state index is 12.9. The van der Waals surface area contributed by atoms with E-state index < -0.39 is 21.6 Å². The average Bonchev–Trinajstić information content (AvgIpc) is 2.66. The Balaban J connectivity index is 1.99. The predicted octanol–water partition coefficient (Wildman–Crippen LogP) is 2.91. The molecule has 7 heteroatoms. The highest BCUT2D eigenvalue weighted by Gasteiger charge is 2.29. The van der Waals surface area contributed by atoms with Crippen LogP contribution < -0.4 is 5.32 Å². The second-order valence-electron chi connectivity index (χ2n) is 5.35. The van der Waals surface area contributed by atoms with Crippen molar-refractivity contribution in [2.24, 2.45) is 0 Å². The Kier molecular flexibility index (Phi) is 4.11. The Hall–Kier alpha value is -2.67. The van der Waals surface area contributed by atoms with Crippen LogP contribution in [0.15, 0.2) is 59.0 Å². The normalized spacial score (nSPS) is 16.2. The third-order valence-electron chi connectivity index (χ3n) is 3.76. The van der Waals surface area contributed by atoms with Crippen molar-refractivity contribution in [1.29, 1.82) is 0 Å². The van der Waals surface area contributed by atoms with Crippen LogP contribution in [0.25, 0.3) is 5.76 Å². The van der Waals surface area contributed by atoms with Crippen LogP contribution in [0.1, 0.15) is 12.0 Å². The van der Waals surface area contributed by atoms with Gasteiger partial charge in [0.2, 0.25) is 0 Å². The highest BCUT2D eigenvalue weighted by molar-refractivity contribution is 7.91. The molecular weight excluding hydrogens is 333 g/mol. The number of carbonyl (C=O) groups is 1. The highest BCUT2D eigenvalue weighted by atomic mass is 32.2. The summed E-state index contributed by atoms with van der Waals surface area (Å²) in [6.45, 7) is 0. The quantitative estimate of drug-likeness (QED) is 0.875. The molecule has 124 valence electrons. The lowest BCUT2D eigenvalue weighted by Crippen LogP contribution is -2.17. The van der Waals surface area contributed by atoms with E-state index >= 15 is 0 Å². The Bertz CT molecular complexity index is 933. The summed E-state index contributed by atoms with van der Waals surface area (Å²) in [5.74, 6) is -1.69. The molecule has 2 aromatic rings. The monoisotopic (exact) mass is 347 g/mol. The number of hydrogen-bond acceptors (Lipinski definition) is 4. The number of aliphatic hydroxyl groups excluding tert-OH is 1. The number of sulfone groups is 1. The molecule has 0 bridgehead atoms. The number of rotatable bonds is 2. The van der Waals surface area contributed by atoms with E-state index in [0.717, 1.165) is 0 Å². The van der Waals surface area contributed by atoms with Gasteiger partial charge in [-0.3, -0.25) is 4.79 Å². The van der Waals surface area contributed by atoms with E-state index in [9.17, 15) is 22.7 Å². The number of nitrogens with one attached hydrogen (secondary N) is 1. The van der Waals surface area contributed by atoms with E-state index in [1.165, 1.54) is 36.4 Å². The van der Waals surface area contributed by atoms with E-state index in [-0.39, 0.29) is 34.0 Å². The topological polar surface area (TPSA) is 83.5 Å². The zero-order valence-corrected chi connectivity index (χ0v) is 13.3. The van der Waals surface area contributed by atoms with Crippen LogP contribution in [0.5, 0.6) is 0 Å². The summed E-state index contributed by atoms with van der Waals surface area (Å²) in [5.41, 5.74) is 0.439. The zero-order valence-electron chi connectivity index (χ0n) is 12.5. The SMILES string of the molecule is O=C(Nc1ccc(F)cc1)C1=C(O)c2ccccc2S(=O)(=O)CC1. The van der Waals surface area contributed by atoms with Crippen molar-refractivity contribution < 1.29 is 22.7 Å². The molecule has 0 fully saturated rings. The van der Waals surface area contributed by atoms with Crippen molar-refractivity contribution in [1.82, 2.24) is 0 Å². The maximum absolute atomic E-state index is 12.9. The lowest BCUT2D eigenvalue weighted by molar-refractivity contribution is -0.113. The van der Waals surface area contributed by atoms with E-state index in [4.69, 9.17) is 0 Å². The van der Waals surface area contributed by atoms with E-state index in [2.05, 4.69) is 5.32 Å². The molecule has 1 heterocycles. The fraction of sp³-hybridized carbons (Fsp3) is 0.118. The van der Waals surface area contributed by atoms with Crippen LogP contribution in [0.2, 0.25) is 0 Å². The van der Waals surface area contributed by atoms with Crippen molar-refractivity contribution in [3.63, 3.8) is 0 Å². The van der Waals surface area contributed by atoms with Gasteiger partial charge in [0.25, 0.3) is 5.91 Å². The van der Waals surface area contributed by atoms with Gasteiger partial charge >= 0.3 is 0 Å². The molecule has 1 aliphatic heterocycles. The average molecular weight is 347 g/mol. The minimum Gasteiger partial charge on any atom is -0.507 e. The molecule has 24 heavy (non-hydrogen) atoms. The first kappa shape index (κ1) is 16.2. The van der Waals surface area contributed by atoms with E-state index in [1.54, 1.807) is 12.1 Å². The molecule has 2 aromatic carbocycles. The minimum atomic E-state index is -3.59. The molecule has 0 atom stereocenters. The Morgan fingerprint density at radius 3 is 2.46 bits per heavy atom. The second kappa shape index (κ2) is 6.09. The number of aliphatic hydroxyl groups is 1. The van der Waals surface area contributed by atoms with Crippen molar-refractivity contribution in [3.8, 4) is 0 Å². The third-order valence-corrected chi connectivity index (χ3v) is 5.53. The lowest BCUT2D eigenvalue weighted by atomic mass is 10.1. The molecule has 0 unspecified atom stereocenters. The van der Waals surface area contributed by atoms with Gasteiger partial charge in [-0.1, -0.05) is 12.1 Å². The van der Waals surface area contributed by atoms with Crippen LogP contribution in [-0.2, 0) is 14.6 Å². The third kappa shape index (κ3) is 3.03. The van der Waals surface area contributed by atoms with Gasteiger partial charge in [0.15, 0.2) is 9.84 Å². The van der Waals surface area contributed by atoms with Crippen LogP contribution in [0.3, 0.4) is 0 Å². The molecule has 0 radical (unpaired) electrons. The van der Waals surface area contributed by atoms with E-state index in [1.807, 2.05) is 0 Å².